The van der Waals surface area contributed by atoms with Crippen LogP contribution in [0.15, 0.2) is 0 Å². The molecule has 0 spiro atoms. The maximum Gasteiger partial charge on any atom is 0.221 e. The average Bonchev–Trinajstić information content (AvgIpc) is 2.43. The molecule has 1 aliphatic heterocycles. The third kappa shape index (κ3) is 5.98. The van der Waals surface area contributed by atoms with Gasteiger partial charge in [0.1, 0.15) is 6.29 Å². The molecule has 0 saturated carbocycles. The molecule has 1 radical (unpaired) electrons. The van der Waals surface area contributed by atoms with Crippen molar-refractivity contribution >= 4 is 7.37 Å². The molecule has 0 aromatic rings. The van der Waals surface area contributed by atoms with E-state index < -0.39 is 7.37 Å². The summed E-state index contributed by atoms with van der Waals surface area (Å²) >= 11 is 0. The first-order valence-electron chi connectivity index (χ1n) is 6.45. The van der Waals surface area contributed by atoms with E-state index in [4.69, 9.17) is 4.52 Å². The molecule has 2 N–H and O–H groups in total. The Morgan fingerprint density at radius 2 is 1.76 bits per heavy atom. The second-order valence-corrected chi connectivity index (χ2v) is 6.69. The van der Waals surface area contributed by atoms with Gasteiger partial charge in [0.15, 0.2) is 0 Å². The van der Waals surface area contributed by atoms with Crippen molar-refractivity contribution in [3.63, 3.8) is 0 Å². The fraction of sp³-hybridized carbons (Fsp3) is 0.909. The highest BCUT2D eigenvalue weighted by Crippen LogP contribution is 2.50. The minimum absolute atomic E-state index is 0.506. The van der Waals surface area contributed by atoms with Crippen molar-refractivity contribution in [2.75, 3.05) is 52.0 Å². The van der Waals surface area contributed by atoms with Crippen molar-refractivity contribution in [2.24, 2.45) is 0 Å². The molecular formula is C11H25N3O2P. The predicted molar refractivity (Wildman–Crippen MR) is 71.4 cm³/mol. The third-order valence-corrected chi connectivity index (χ3v) is 5.01. The Morgan fingerprint density at radius 1 is 1.18 bits per heavy atom. The van der Waals surface area contributed by atoms with E-state index >= 15 is 0 Å². The Kier molecular flexibility index (Phi) is 7.32. The quantitative estimate of drug-likeness (QED) is 0.722. The lowest BCUT2D eigenvalue weighted by atomic mass is 10.5. The Morgan fingerprint density at radius 3 is 2.24 bits per heavy atom. The first kappa shape index (κ1) is 15.1. The summed E-state index contributed by atoms with van der Waals surface area (Å²) in [6.45, 7) is 9.92. The van der Waals surface area contributed by atoms with Gasteiger partial charge in [0.2, 0.25) is 7.37 Å². The number of hydrogen-bond donors (Lipinski definition) is 2. The van der Waals surface area contributed by atoms with Crippen molar-refractivity contribution in [1.82, 2.24) is 15.5 Å². The third-order valence-electron chi connectivity index (χ3n) is 2.76. The second kappa shape index (κ2) is 8.22. The molecule has 17 heavy (non-hydrogen) atoms. The van der Waals surface area contributed by atoms with Gasteiger partial charge in [-0.15, -0.1) is 0 Å². The lowest BCUT2D eigenvalue weighted by molar-refractivity contribution is 0.307. The van der Waals surface area contributed by atoms with E-state index in [-0.39, 0.29) is 0 Å². The highest BCUT2D eigenvalue weighted by molar-refractivity contribution is 7.61. The monoisotopic (exact) mass is 262 g/mol. The summed E-state index contributed by atoms with van der Waals surface area (Å²) in [5.41, 5.74) is 0. The van der Waals surface area contributed by atoms with Crippen molar-refractivity contribution in [3.8, 4) is 0 Å². The van der Waals surface area contributed by atoms with E-state index in [1.807, 2.05) is 20.1 Å². The summed E-state index contributed by atoms with van der Waals surface area (Å²) < 4.78 is 17.8. The molecule has 1 heterocycles. The van der Waals surface area contributed by atoms with E-state index in [0.29, 0.717) is 12.8 Å². The standard InChI is InChI=1S/C11H25N3O2P/c1-3-16-17(15,4-2)11-14-9-7-12-5-6-13-8-10-14/h11-13H,3-10H2,1-2H3. The number of nitrogens with one attached hydrogen (secondary N) is 2. The minimum atomic E-state index is -2.57. The predicted octanol–water partition coefficient (Wildman–Crippen LogP) is 0.935. The van der Waals surface area contributed by atoms with Crippen LogP contribution in [0.25, 0.3) is 0 Å². The second-order valence-electron chi connectivity index (χ2n) is 4.11. The molecule has 0 bridgehead atoms. The van der Waals surface area contributed by atoms with Crippen LogP contribution in [0.5, 0.6) is 0 Å². The first-order valence-corrected chi connectivity index (χ1v) is 8.33. The molecule has 5 nitrogen and oxygen atoms in total. The van der Waals surface area contributed by atoms with E-state index in [0.717, 1.165) is 39.3 Å². The van der Waals surface area contributed by atoms with Gasteiger partial charge in [0, 0.05) is 45.4 Å². The molecule has 1 saturated heterocycles. The summed E-state index contributed by atoms with van der Waals surface area (Å²) in [4.78, 5) is 2.12. The average molecular weight is 262 g/mol. The summed E-state index contributed by atoms with van der Waals surface area (Å²) in [6, 6.07) is 0. The zero-order chi connectivity index (χ0) is 12.6. The highest BCUT2D eigenvalue weighted by Gasteiger charge is 2.24. The Labute approximate surface area is 105 Å². The van der Waals surface area contributed by atoms with Gasteiger partial charge in [-0.1, -0.05) is 6.92 Å². The molecule has 101 valence electrons. The largest absolute Gasteiger partial charge is 0.328 e. The van der Waals surface area contributed by atoms with E-state index in [1.54, 1.807) is 0 Å². The van der Waals surface area contributed by atoms with Gasteiger partial charge in [0.05, 0.1) is 6.61 Å². The molecule has 0 amide bonds. The van der Waals surface area contributed by atoms with Crippen LogP contribution >= 0.6 is 7.37 Å². The molecule has 0 aromatic carbocycles. The molecule has 1 atom stereocenters. The number of hydrogen-bond acceptors (Lipinski definition) is 5. The van der Waals surface area contributed by atoms with E-state index in [1.165, 1.54) is 0 Å². The van der Waals surface area contributed by atoms with Crippen molar-refractivity contribution in [1.29, 1.82) is 0 Å². The van der Waals surface area contributed by atoms with Crippen LogP contribution in [0.3, 0.4) is 0 Å². The van der Waals surface area contributed by atoms with Crippen LogP contribution in [-0.4, -0.2) is 56.9 Å². The van der Waals surface area contributed by atoms with Crippen LogP contribution in [0.2, 0.25) is 0 Å². The molecule has 1 rings (SSSR count). The lowest BCUT2D eigenvalue weighted by Crippen LogP contribution is -2.32. The summed E-state index contributed by atoms with van der Waals surface area (Å²) in [5, 5.41) is 6.68. The first-order chi connectivity index (χ1) is 8.20. The molecule has 0 aromatic heterocycles. The van der Waals surface area contributed by atoms with Gasteiger partial charge in [0.25, 0.3) is 0 Å². The fourth-order valence-electron chi connectivity index (χ4n) is 1.77. The smallest absolute Gasteiger partial charge is 0.221 e. The maximum absolute atomic E-state index is 12.4. The van der Waals surface area contributed by atoms with Crippen molar-refractivity contribution < 1.29 is 9.09 Å². The van der Waals surface area contributed by atoms with Gasteiger partial charge < -0.3 is 15.2 Å². The zero-order valence-electron chi connectivity index (χ0n) is 10.9. The highest BCUT2D eigenvalue weighted by atomic mass is 31.2. The number of nitrogens with zero attached hydrogens (tertiary/aromatic N) is 1. The summed E-state index contributed by atoms with van der Waals surface area (Å²) in [7, 11) is -2.57. The van der Waals surface area contributed by atoms with Gasteiger partial charge in [-0.2, -0.15) is 0 Å². The van der Waals surface area contributed by atoms with Gasteiger partial charge in [-0.3, -0.25) is 9.46 Å². The summed E-state index contributed by atoms with van der Waals surface area (Å²) in [6.07, 6.45) is 2.39. The van der Waals surface area contributed by atoms with E-state index in [9.17, 15) is 4.57 Å². The fourth-order valence-corrected chi connectivity index (χ4v) is 3.35. The Bertz CT molecular complexity index is 241. The molecule has 6 heteroatoms. The summed E-state index contributed by atoms with van der Waals surface area (Å²) in [5.74, 6) is 0. The van der Waals surface area contributed by atoms with Crippen LogP contribution in [0.1, 0.15) is 13.8 Å². The Hall–Kier alpha value is 0.0700. The Balaban J connectivity index is 2.47. The van der Waals surface area contributed by atoms with Gasteiger partial charge >= 0.3 is 0 Å². The number of rotatable bonds is 5. The van der Waals surface area contributed by atoms with Crippen LogP contribution in [0, 0.1) is 6.29 Å². The molecule has 1 aliphatic rings. The normalized spacial score (nSPS) is 23.4. The maximum atomic E-state index is 12.4. The van der Waals surface area contributed by atoms with Crippen LogP contribution in [-0.2, 0) is 9.09 Å². The van der Waals surface area contributed by atoms with Crippen molar-refractivity contribution in [2.45, 2.75) is 13.8 Å². The molecule has 1 fully saturated rings. The molecular weight excluding hydrogens is 237 g/mol. The van der Waals surface area contributed by atoms with Crippen molar-refractivity contribution in [3.05, 3.63) is 6.29 Å². The molecule has 1 unspecified atom stereocenters. The van der Waals surface area contributed by atoms with E-state index in [2.05, 4.69) is 15.5 Å². The van der Waals surface area contributed by atoms with Gasteiger partial charge in [-0.05, 0) is 6.92 Å². The minimum Gasteiger partial charge on any atom is -0.328 e. The van der Waals surface area contributed by atoms with Gasteiger partial charge in [-0.25, -0.2) is 0 Å². The topological polar surface area (TPSA) is 53.6 Å². The SMILES string of the molecule is CCOP(=O)([CH]N1CCNCCNCC1)CC. The lowest BCUT2D eigenvalue weighted by Gasteiger charge is -2.25. The van der Waals surface area contributed by atoms with Crippen LogP contribution in [0.4, 0.5) is 0 Å². The zero-order valence-corrected chi connectivity index (χ0v) is 11.8. The van der Waals surface area contributed by atoms with Crippen LogP contribution < -0.4 is 10.6 Å². The molecule has 0 aliphatic carbocycles.